The van der Waals surface area contributed by atoms with Crippen LogP contribution < -0.4 is 10.5 Å². The van der Waals surface area contributed by atoms with Gasteiger partial charge in [0.05, 0.1) is 18.5 Å². The van der Waals surface area contributed by atoms with E-state index in [9.17, 15) is 0 Å². The Bertz CT molecular complexity index is 771. The SMILES string of the molecule is COc1ccc(-c2nc3scc(C(C)C)n3c2CCN)cc1. The summed E-state index contributed by atoms with van der Waals surface area (Å²) in [4.78, 5) is 5.88. The maximum atomic E-state index is 5.84. The fourth-order valence-corrected chi connectivity index (χ4v) is 3.75. The molecule has 5 heteroatoms. The number of benzene rings is 1. The van der Waals surface area contributed by atoms with Crippen molar-refractivity contribution in [3.05, 3.63) is 41.0 Å². The van der Waals surface area contributed by atoms with Crippen LogP contribution in [0.25, 0.3) is 16.2 Å². The van der Waals surface area contributed by atoms with Crippen molar-refractivity contribution in [1.29, 1.82) is 0 Å². The third-order valence-electron chi connectivity index (χ3n) is 3.82. The summed E-state index contributed by atoms with van der Waals surface area (Å²) >= 11 is 1.69. The molecule has 116 valence electrons. The van der Waals surface area contributed by atoms with E-state index >= 15 is 0 Å². The first-order valence-electron chi connectivity index (χ1n) is 7.49. The maximum absolute atomic E-state index is 5.84. The summed E-state index contributed by atoms with van der Waals surface area (Å²) in [5, 5.41) is 2.20. The summed E-state index contributed by atoms with van der Waals surface area (Å²) in [5.74, 6) is 1.32. The lowest BCUT2D eigenvalue weighted by Gasteiger charge is -2.08. The highest BCUT2D eigenvalue weighted by Gasteiger charge is 2.18. The third-order valence-corrected chi connectivity index (χ3v) is 4.67. The normalized spacial score (nSPS) is 11.5. The summed E-state index contributed by atoms with van der Waals surface area (Å²) < 4.78 is 7.51. The van der Waals surface area contributed by atoms with Crippen LogP contribution in [0.4, 0.5) is 0 Å². The molecule has 0 aliphatic rings. The highest BCUT2D eigenvalue weighted by Crippen LogP contribution is 2.32. The minimum atomic E-state index is 0.461. The van der Waals surface area contributed by atoms with Crippen LogP contribution in [-0.4, -0.2) is 23.0 Å². The Hall–Kier alpha value is -1.85. The van der Waals surface area contributed by atoms with Crippen molar-refractivity contribution in [1.82, 2.24) is 9.38 Å². The number of fused-ring (bicyclic) bond motifs is 1. The van der Waals surface area contributed by atoms with Crippen LogP contribution in [0.1, 0.15) is 31.2 Å². The van der Waals surface area contributed by atoms with E-state index in [1.54, 1.807) is 18.4 Å². The van der Waals surface area contributed by atoms with Crippen LogP contribution in [0.2, 0.25) is 0 Å². The number of thiazole rings is 1. The lowest BCUT2D eigenvalue weighted by molar-refractivity contribution is 0.415. The molecule has 0 spiro atoms. The lowest BCUT2D eigenvalue weighted by atomic mass is 10.1. The van der Waals surface area contributed by atoms with Crippen molar-refractivity contribution in [2.75, 3.05) is 13.7 Å². The smallest absolute Gasteiger partial charge is 0.194 e. The van der Waals surface area contributed by atoms with Gasteiger partial charge in [-0.2, -0.15) is 0 Å². The first kappa shape index (κ1) is 15.1. The molecule has 2 heterocycles. The molecule has 4 nitrogen and oxygen atoms in total. The van der Waals surface area contributed by atoms with E-state index < -0.39 is 0 Å². The number of ether oxygens (including phenoxy) is 1. The molecular weight excluding hydrogens is 294 g/mol. The Morgan fingerprint density at radius 2 is 2.00 bits per heavy atom. The number of hydrogen-bond donors (Lipinski definition) is 1. The van der Waals surface area contributed by atoms with Crippen molar-refractivity contribution < 1.29 is 4.74 Å². The molecule has 0 saturated carbocycles. The fourth-order valence-electron chi connectivity index (χ4n) is 2.68. The van der Waals surface area contributed by atoms with Crippen LogP contribution in [0.15, 0.2) is 29.6 Å². The number of nitrogens with two attached hydrogens (primary N) is 1. The minimum Gasteiger partial charge on any atom is -0.497 e. The van der Waals surface area contributed by atoms with Crippen molar-refractivity contribution in [3.63, 3.8) is 0 Å². The van der Waals surface area contributed by atoms with E-state index in [0.29, 0.717) is 12.5 Å². The summed E-state index contributed by atoms with van der Waals surface area (Å²) in [7, 11) is 1.68. The zero-order chi connectivity index (χ0) is 15.7. The highest BCUT2D eigenvalue weighted by molar-refractivity contribution is 7.15. The second-order valence-corrected chi connectivity index (χ2v) is 6.44. The van der Waals surface area contributed by atoms with E-state index in [2.05, 4.69) is 35.8 Å². The molecule has 2 N–H and O–H groups in total. The van der Waals surface area contributed by atoms with E-state index in [4.69, 9.17) is 15.5 Å². The highest BCUT2D eigenvalue weighted by atomic mass is 32.1. The van der Waals surface area contributed by atoms with Crippen molar-refractivity contribution in [2.24, 2.45) is 5.73 Å². The molecular formula is C17H21N3OS. The van der Waals surface area contributed by atoms with Gasteiger partial charge in [-0.1, -0.05) is 13.8 Å². The third kappa shape index (κ3) is 2.51. The predicted molar refractivity (Wildman–Crippen MR) is 91.9 cm³/mol. The number of hydrogen-bond acceptors (Lipinski definition) is 4. The van der Waals surface area contributed by atoms with Gasteiger partial charge in [0.25, 0.3) is 0 Å². The molecule has 3 aromatic rings. The molecule has 22 heavy (non-hydrogen) atoms. The van der Waals surface area contributed by atoms with Gasteiger partial charge in [-0.05, 0) is 36.7 Å². The Morgan fingerprint density at radius 3 is 2.59 bits per heavy atom. The molecule has 0 saturated heterocycles. The molecule has 0 aliphatic carbocycles. The largest absolute Gasteiger partial charge is 0.497 e. The monoisotopic (exact) mass is 315 g/mol. The van der Waals surface area contributed by atoms with Crippen LogP contribution in [0.3, 0.4) is 0 Å². The number of methoxy groups -OCH3 is 1. The van der Waals surface area contributed by atoms with E-state index in [1.807, 2.05) is 12.1 Å². The van der Waals surface area contributed by atoms with Gasteiger partial charge in [-0.15, -0.1) is 11.3 Å². The van der Waals surface area contributed by atoms with E-state index in [0.717, 1.165) is 28.4 Å². The van der Waals surface area contributed by atoms with E-state index in [1.165, 1.54) is 11.4 Å². The summed E-state index contributed by atoms with van der Waals surface area (Å²) in [6, 6.07) is 8.05. The first-order chi connectivity index (χ1) is 10.7. The van der Waals surface area contributed by atoms with Gasteiger partial charge in [0.15, 0.2) is 4.96 Å². The number of rotatable bonds is 5. The molecule has 0 bridgehead atoms. The fraction of sp³-hybridized carbons (Fsp3) is 0.353. The number of aromatic nitrogens is 2. The number of imidazole rings is 1. The van der Waals surface area contributed by atoms with Gasteiger partial charge in [0.1, 0.15) is 5.75 Å². The average Bonchev–Trinajstić information content (AvgIpc) is 3.08. The van der Waals surface area contributed by atoms with Crippen LogP contribution in [-0.2, 0) is 6.42 Å². The van der Waals surface area contributed by atoms with Gasteiger partial charge in [-0.3, -0.25) is 4.40 Å². The van der Waals surface area contributed by atoms with Crippen molar-refractivity contribution in [3.8, 4) is 17.0 Å². The molecule has 3 rings (SSSR count). The first-order valence-corrected chi connectivity index (χ1v) is 8.37. The quantitative estimate of drug-likeness (QED) is 0.781. The van der Waals surface area contributed by atoms with Gasteiger partial charge in [-0.25, -0.2) is 4.98 Å². The lowest BCUT2D eigenvalue weighted by Crippen LogP contribution is -2.08. The molecule has 0 atom stereocenters. The van der Waals surface area contributed by atoms with Crippen molar-refractivity contribution in [2.45, 2.75) is 26.2 Å². The maximum Gasteiger partial charge on any atom is 0.194 e. The Morgan fingerprint density at radius 1 is 1.27 bits per heavy atom. The van der Waals surface area contributed by atoms with Crippen LogP contribution in [0, 0.1) is 0 Å². The second kappa shape index (κ2) is 6.10. The molecule has 2 aromatic heterocycles. The molecule has 0 amide bonds. The zero-order valence-corrected chi connectivity index (χ0v) is 14.0. The predicted octanol–water partition coefficient (Wildman–Crippen LogP) is 3.70. The Labute approximate surface area is 134 Å². The summed E-state index contributed by atoms with van der Waals surface area (Å²) in [6.45, 7) is 5.03. The average molecular weight is 315 g/mol. The molecule has 0 aliphatic heterocycles. The molecule has 0 radical (unpaired) electrons. The summed E-state index contributed by atoms with van der Waals surface area (Å²) in [6.07, 6.45) is 0.818. The van der Waals surface area contributed by atoms with E-state index in [-0.39, 0.29) is 0 Å². The van der Waals surface area contributed by atoms with Crippen molar-refractivity contribution >= 4 is 16.3 Å². The van der Waals surface area contributed by atoms with Crippen LogP contribution in [0.5, 0.6) is 5.75 Å². The Balaban J connectivity index is 2.17. The minimum absolute atomic E-state index is 0.461. The molecule has 0 unspecified atom stereocenters. The van der Waals surface area contributed by atoms with Crippen LogP contribution >= 0.6 is 11.3 Å². The van der Waals surface area contributed by atoms with Gasteiger partial charge >= 0.3 is 0 Å². The topological polar surface area (TPSA) is 52.5 Å². The number of nitrogens with zero attached hydrogens (tertiary/aromatic N) is 2. The molecule has 0 fully saturated rings. The molecule has 1 aromatic carbocycles. The summed E-state index contributed by atoms with van der Waals surface area (Å²) in [5.41, 5.74) is 10.5. The zero-order valence-electron chi connectivity index (χ0n) is 13.2. The second-order valence-electron chi connectivity index (χ2n) is 5.61. The van der Waals surface area contributed by atoms with Gasteiger partial charge in [0, 0.05) is 23.1 Å². The van der Waals surface area contributed by atoms with Gasteiger partial charge < -0.3 is 10.5 Å². The van der Waals surface area contributed by atoms with Gasteiger partial charge in [0.2, 0.25) is 0 Å². The standard InChI is InChI=1S/C17H21N3OS/c1-11(2)15-10-22-17-19-16(14(8-9-18)20(15)17)12-4-6-13(21-3)7-5-12/h4-7,10-11H,8-9,18H2,1-3H3. The Kier molecular flexibility index (Phi) is 4.18.